The van der Waals surface area contributed by atoms with Crippen LogP contribution in [0.4, 0.5) is 0 Å². The quantitative estimate of drug-likeness (QED) is 0.728. The molecule has 3 nitrogen and oxygen atoms in total. The third kappa shape index (κ3) is 1.91. The third-order valence-corrected chi connectivity index (χ3v) is 2.82. The predicted molar refractivity (Wildman–Crippen MR) is 55.4 cm³/mol. The molecule has 1 rings (SSSR count). The zero-order valence-electron chi connectivity index (χ0n) is 8.04. The summed E-state index contributed by atoms with van der Waals surface area (Å²) < 4.78 is 15.9. The average molecular weight is 220 g/mol. The van der Waals surface area contributed by atoms with E-state index in [2.05, 4.69) is 0 Å². The summed E-state index contributed by atoms with van der Waals surface area (Å²) in [4.78, 5) is 0. The zero-order chi connectivity index (χ0) is 9.84. The van der Waals surface area contributed by atoms with Gasteiger partial charge in [0.25, 0.3) is 0 Å². The summed E-state index contributed by atoms with van der Waals surface area (Å²) in [6, 6.07) is 0. The summed E-state index contributed by atoms with van der Waals surface area (Å²) in [5.74, 6) is 1.36. The molecule has 0 amide bonds. The molecule has 0 bridgehead atoms. The summed E-state index contributed by atoms with van der Waals surface area (Å²) >= 11 is 3.00. The van der Waals surface area contributed by atoms with Crippen molar-refractivity contribution in [2.45, 2.75) is 10.2 Å². The Balaban J connectivity index is 3.17. The Morgan fingerprint density at radius 3 is 1.54 bits per heavy atom. The van der Waals surface area contributed by atoms with E-state index in [0.717, 1.165) is 10.2 Å². The van der Waals surface area contributed by atoms with Crippen LogP contribution in [0.25, 0.3) is 0 Å². The molecule has 0 spiro atoms. The maximum Gasteiger partial charge on any atom is 0.215 e. The van der Waals surface area contributed by atoms with Crippen molar-refractivity contribution in [2.24, 2.45) is 0 Å². The highest BCUT2D eigenvalue weighted by molar-refractivity contribution is 7.99. The highest BCUT2D eigenvalue weighted by atomic mass is 32.2. The Morgan fingerprint density at radius 1 is 0.923 bits per heavy atom. The Morgan fingerprint density at radius 2 is 1.31 bits per heavy atom. The Hall–Kier alpha value is -0.420. The van der Waals surface area contributed by atoms with Gasteiger partial charge in [-0.1, -0.05) is 23.5 Å². The molecule has 0 aliphatic rings. The topological polar surface area (TPSA) is 31.6 Å². The standard InChI is InChI=1S/C8H12O3S2/c1-9-5-6(10-2)8(13-4)11-7(5)12-3/h1-4H3. The molecule has 0 saturated carbocycles. The summed E-state index contributed by atoms with van der Waals surface area (Å²) in [5, 5.41) is 1.51. The van der Waals surface area contributed by atoms with Crippen LogP contribution in [0.15, 0.2) is 14.6 Å². The lowest BCUT2D eigenvalue weighted by Gasteiger charge is -2.01. The Labute approximate surface area is 86.2 Å². The first-order chi connectivity index (χ1) is 6.28. The van der Waals surface area contributed by atoms with E-state index in [9.17, 15) is 0 Å². The highest BCUT2D eigenvalue weighted by Gasteiger charge is 2.20. The molecule has 0 aliphatic carbocycles. The van der Waals surface area contributed by atoms with Crippen molar-refractivity contribution >= 4 is 23.5 Å². The molecule has 0 aliphatic heterocycles. The van der Waals surface area contributed by atoms with Crippen molar-refractivity contribution in [3.8, 4) is 11.5 Å². The minimum Gasteiger partial charge on any atom is -0.489 e. The lowest BCUT2D eigenvalue weighted by molar-refractivity contribution is 0.347. The smallest absolute Gasteiger partial charge is 0.215 e. The molecule has 5 heteroatoms. The van der Waals surface area contributed by atoms with Crippen molar-refractivity contribution in [3.05, 3.63) is 0 Å². The van der Waals surface area contributed by atoms with Gasteiger partial charge in [-0.3, -0.25) is 0 Å². The van der Waals surface area contributed by atoms with Gasteiger partial charge in [0.2, 0.25) is 21.7 Å². The average Bonchev–Trinajstić information content (AvgIpc) is 2.54. The summed E-state index contributed by atoms with van der Waals surface area (Å²) in [7, 11) is 3.22. The highest BCUT2D eigenvalue weighted by Crippen LogP contribution is 2.45. The minimum absolute atomic E-state index is 0.680. The van der Waals surface area contributed by atoms with E-state index in [1.54, 1.807) is 14.2 Å². The van der Waals surface area contributed by atoms with Crippen LogP contribution in [0.3, 0.4) is 0 Å². The molecule has 0 radical (unpaired) electrons. The van der Waals surface area contributed by atoms with Gasteiger partial charge in [-0.25, -0.2) is 0 Å². The minimum atomic E-state index is 0.680. The molecule has 0 aromatic carbocycles. The zero-order valence-corrected chi connectivity index (χ0v) is 9.67. The number of rotatable bonds is 4. The van der Waals surface area contributed by atoms with Crippen LogP contribution >= 0.6 is 23.5 Å². The van der Waals surface area contributed by atoms with Crippen molar-refractivity contribution in [1.82, 2.24) is 0 Å². The summed E-state index contributed by atoms with van der Waals surface area (Å²) in [5.41, 5.74) is 0. The second kappa shape index (κ2) is 4.72. The van der Waals surface area contributed by atoms with Gasteiger partial charge in [0.05, 0.1) is 14.2 Å². The second-order valence-corrected chi connectivity index (χ2v) is 3.71. The van der Waals surface area contributed by atoms with E-state index in [1.807, 2.05) is 12.5 Å². The molecule has 1 aromatic heterocycles. The molecule has 13 heavy (non-hydrogen) atoms. The van der Waals surface area contributed by atoms with Crippen LogP contribution in [0.5, 0.6) is 11.5 Å². The molecule has 0 saturated heterocycles. The SMILES string of the molecule is COc1c(SC)oc(SC)c1OC. The van der Waals surface area contributed by atoms with Gasteiger partial charge in [0.1, 0.15) is 0 Å². The first-order valence-corrected chi connectivity index (χ1v) is 6.06. The van der Waals surface area contributed by atoms with Gasteiger partial charge >= 0.3 is 0 Å². The molecule has 1 heterocycles. The van der Waals surface area contributed by atoms with Gasteiger partial charge in [0, 0.05) is 0 Å². The fourth-order valence-corrected chi connectivity index (χ4v) is 2.09. The lowest BCUT2D eigenvalue weighted by atomic mass is 10.5. The maximum atomic E-state index is 5.50. The van der Waals surface area contributed by atoms with Crippen molar-refractivity contribution in [1.29, 1.82) is 0 Å². The van der Waals surface area contributed by atoms with E-state index in [1.165, 1.54) is 23.5 Å². The maximum absolute atomic E-state index is 5.50. The summed E-state index contributed by atoms with van der Waals surface area (Å²) in [6.45, 7) is 0. The normalized spacial score (nSPS) is 10.2. The largest absolute Gasteiger partial charge is 0.489 e. The summed E-state index contributed by atoms with van der Waals surface area (Å²) in [6.07, 6.45) is 3.87. The number of methoxy groups -OCH3 is 2. The fraction of sp³-hybridized carbons (Fsp3) is 0.500. The van der Waals surface area contributed by atoms with E-state index < -0.39 is 0 Å². The predicted octanol–water partition coefficient (Wildman–Crippen LogP) is 2.74. The molecule has 0 N–H and O–H groups in total. The van der Waals surface area contributed by atoms with Crippen LogP contribution in [-0.2, 0) is 0 Å². The second-order valence-electron chi connectivity index (χ2n) is 2.15. The third-order valence-electron chi connectivity index (χ3n) is 1.54. The van der Waals surface area contributed by atoms with Gasteiger partial charge in [0.15, 0.2) is 0 Å². The molecular formula is C8H12O3S2. The molecule has 74 valence electrons. The number of hydrogen-bond acceptors (Lipinski definition) is 5. The van der Waals surface area contributed by atoms with Gasteiger partial charge < -0.3 is 13.9 Å². The number of thioether (sulfide) groups is 2. The van der Waals surface area contributed by atoms with E-state index >= 15 is 0 Å². The Kier molecular flexibility index (Phi) is 3.87. The number of ether oxygens (including phenoxy) is 2. The number of hydrogen-bond donors (Lipinski definition) is 0. The van der Waals surface area contributed by atoms with Gasteiger partial charge in [-0.2, -0.15) is 0 Å². The first-order valence-electron chi connectivity index (χ1n) is 3.61. The monoisotopic (exact) mass is 220 g/mol. The van der Waals surface area contributed by atoms with Crippen molar-refractivity contribution in [3.63, 3.8) is 0 Å². The van der Waals surface area contributed by atoms with Crippen LogP contribution in [0.2, 0.25) is 0 Å². The van der Waals surface area contributed by atoms with Crippen LogP contribution in [0, 0.1) is 0 Å². The van der Waals surface area contributed by atoms with Crippen LogP contribution < -0.4 is 9.47 Å². The fourth-order valence-electron chi connectivity index (χ4n) is 0.983. The van der Waals surface area contributed by atoms with Gasteiger partial charge in [-0.15, -0.1) is 0 Å². The lowest BCUT2D eigenvalue weighted by Crippen LogP contribution is -1.87. The molecule has 0 unspecified atom stereocenters. The van der Waals surface area contributed by atoms with Gasteiger partial charge in [-0.05, 0) is 12.5 Å². The van der Waals surface area contributed by atoms with Crippen LogP contribution in [-0.4, -0.2) is 26.7 Å². The van der Waals surface area contributed by atoms with Crippen molar-refractivity contribution in [2.75, 3.05) is 26.7 Å². The molecular weight excluding hydrogens is 208 g/mol. The molecule has 1 aromatic rings. The van der Waals surface area contributed by atoms with E-state index in [-0.39, 0.29) is 0 Å². The van der Waals surface area contributed by atoms with Crippen molar-refractivity contribution < 1.29 is 13.9 Å². The molecule has 0 fully saturated rings. The van der Waals surface area contributed by atoms with Crippen LogP contribution in [0.1, 0.15) is 0 Å². The molecule has 0 atom stereocenters. The first kappa shape index (κ1) is 10.7. The van der Waals surface area contributed by atoms with E-state index in [0.29, 0.717) is 11.5 Å². The Bertz CT molecular complexity index is 257. The number of furan rings is 1. The van der Waals surface area contributed by atoms with E-state index in [4.69, 9.17) is 13.9 Å².